The average molecular weight is 350 g/mol. The van der Waals surface area contributed by atoms with Crippen LogP contribution in [0.4, 0.5) is 5.25 Å². The van der Waals surface area contributed by atoms with Crippen LogP contribution in [0.5, 0.6) is 0 Å². The number of hydrogen-bond donors (Lipinski definition) is 0. The first-order valence-corrected chi connectivity index (χ1v) is 7.07. The van der Waals surface area contributed by atoms with Crippen molar-refractivity contribution in [3.05, 3.63) is 0 Å². The van der Waals surface area contributed by atoms with Gasteiger partial charge < -0.3 is 0 Å². The van der Waals surface area contributed by atoms with E-state index in [1.807, 2.05) is 0 Å². The predicted octanol–water partition coefficient (Wildman–Crippen LogP) is -1.78. The molecule has 0 aromatic heterocycles. The van der Waals surface area contributed by atoms with Gasteiger partial charge in [-0.05, 0) is 0 Å². The standard InChI is InChI=1S/2FH.4O.Zn.2Zr/h2*1H;;;;;;;/q;;;;2*-1;+2;2*+1/p-2. The summed E-state index contributed by atoms with van der Waals surface area (Å²) in [7, 11) is 0. The van der Waals surface area contributed by atoms with E-state index < -0.39 is 45.6 Å². The smallest absolute Gasteiger partial charge is 2.00 e. The molecule has 0 amide bonds. The van der Waals surface area contributed by atoms with Crippen molar-refractivity contribution < 1.29 is 82.3 Å². The first kappa shape index (κ1) is 17.0. The van der Waals surface area contributed by atoms with Crippen molar-refractivity contribution >= 4 is 0 Å². The van der Waals surface area contributed by atoms with Gasteiger partial charge in [-0.3, -0.25) is 0 Å². The van der Waals surface area contributed by atoms with Crippen molar-refractivity contribution in [1.29, 1.82) is 0 Å². The molecular weight excluding hydrogens is 350 g/mol. The van der Waals surface area contributed by atoms with Crippen LogP contribution in [0.25, 0.3) is 0 Å². The van der Waals surface area contributed by atoms with E-state index in [0.29, 0.717) is 0 Å². The van der Waals surface area contributed by atoms with Gasteiger partial charge in [0, 0.05) is 0 Å². The Bertz CT molecular complexity index is 74.6. The van der Waals surface area contributed by atoms with Crippen molar-refractivity contribution in [1.82, 2.24) is 0 Å². The molecule has 0 aliphatic carbocycles. The van der Waals surface area contributed by atoms with E-state index in [0.717, 1.165) is 0 Å². The molecule has 0 N–H and O–H groups in total. The van der Waals surface area contributed by atoms with E-state index in [-0.39, 0.29) is 19.5 Å². The minimum Gasteiger partial charge on any atom is 2.00 e. The van der Waals surface area contributed by atoms with Crippen molar-refractivity contribution in [3.8, 4) is 0 Å². The topological polar surface area (TPSA) is 80.3 Å². The molecule has 0 aliphatic rings. The van der Waals surface area contributed by atoms with Crippen LogP contribution >= 0.6 is 0 Å². The zero-order chi connectivity index (χ0) is 7.15. The Balaban J connectivity index is -0.0000000720. The van der Waals surface area contributed by atoms with Gasteiger partial charge >= 0.3 is 82.3 Å². The monoisotopic (exact) mass is 346 g/mol. The summed E-state index contributed by atoms with van der Waals surface area (Å²) >= 11 is -9.09. The maximum atomic E-state index is 10.1. The largest absolute Gasteiger partial charge is 2.00 e. The van der Waals surface area contributed by atoms with E-state index in [2.05, 4.69) is 0 Å². The number of hydrogen-bond acceptors (Lipinski definition) is 4. The summed E-state index contributed by atoms with van der Waals surface area (Å²) in [4.78, 5) is 0. The summed E-state index contributed by atoms with van der Waals surface area (Å²) in [6, 6.07) is 0. The Morgan fingerprint density at radius 1 is 1.00 bits per heavy atom. The summed E-state index contributed by atoms with van der Waals surface area (Å²) in [5.41, 5.74) is 0. The Kier molecular flexibility index (Phi) is 23.5. The molecule has 0 aromatic rings. The third kappa shape index (κ3) is 188. The maximum Gasteiger partial charge on any atom is 2.00 e. The molecule has 9 heteroatoms. The van der Waals surface area contributed by atoms with Gasteiger partial charge in [0.2, 0.25) is 0 Å². The van der Waals surface area contributed by atoms with Gasteiger partial charge in [-0.15, -0.1) is 0 Å². The molecule has 0 rings (SSSR count). The molecule has 0 saturated heterocycles. The predicted molar refractivity (Wildman–Crippen MR) is 3.59 cm³/mol. The van der Waals surface area contributed by atoms with Crippen LogP contribution in [0.2, 0.25) is 0 Å². The molecule has 0 fully saturated rings. The van der Waals surface area contributed by atoms with Crippen molar-refractivity contribution in [2.24, 2.45) is 0 Å². The van der Waals surface area contributed by atoms with Gasteiger partial charge in [-0.25, -0.2) is 0 Å². The normalized spacial score (nSPS) is 5.78. The second-order valence-corrected chi connectivity index (χ2v) is 2.81. The SMILES string of the molecule is [O]=[Zr]([O-])[F].[O]=[Zr]([O-])[F].[Zn+2]. The number of rotatable bonds is 0. The third-order valence-corrected chi connectivity index (χ3v) is 0. The second kappa shape index (κ2) is 12.4. The Hall–Kier alpha value is 1.77. The molecule has 0 radical (unpaired) electrons. The third-order valence-electron chi connectivity index (χ3n) is 0. The molecule has 0 atom stereocenters. The van der Waals surface area contributed by atoms with Gasteiger partial charge in [0.25, 0.3) is 0 Å². The molecule has 9 heavy (non-hydrogen) atoms. The maximum absolute atomic E-state index is 10.1. The first-order valence-electron chi connectivity index (χ1n) is 1.19. The van der Waals surface area contributed by atoms with Crippen LogP contribution in [0.1, 0.15) is 0 Å². The van der Waals surface area contributed by atoms with Crippen LogP contribution in [0.15, 0.2) is 0 Å². The summed E-state index contributed by atoms with van der Waals surface area (Å²) < 4.78 is 54.2. The quantitative estimate of drug-likeness (QED) is 0.484. The molecule has 0 spiro atoms. The van der Waals surface area contributed by atoms with Gasteiger partial charge in [0.05, 0.1) is 0 Å². The summed E-state index contributed by atoms with van der Waals surface area (Å²) in [5.74, 6) is 0. The van der Waals surface area contributed by atoms with E-state index in [4.69, 9.17) is 12.0 Å². The van der Waals surface area contributed by atoms with E-state index >= 15 is 0 Å². The molecule has 48 valence electrons. The molecule has 0 aliphatic heterocycles. The molecular formula is F2O4ZnZr2. The zero-order valence-electron chi connectivity index (χ0n) is 4.10. The minimum absolute atomic E-state index is 0. The Labute approximate surface area is 81.3 Å². The van der Waals surface area contributed by atoms with Crippen LogP contribution < -0.4 is 6.37 Å². The van der Waals surface area contributed by atoms with Gasteiger partial charge in [-0.2, -0.15) is 0 Å². The van der Waals surface area contributed by atoms with Crippen molar-refractivity contribution in [2.45, 2.75) is 0 Å². The summed E-state index contributed by atoms with van der Waals surface area (Å²) in [6.07, 6.45) is 0. The Morgan fingerprint density at radius 2 is 1.00 bits per heavy atom. The molecule has 0 heterocycles. The van der Waals surface area contributed by atoms with Crippen LogP contribution in [-0.2, 0) is 70.7 Å². The van der Waals surface area contributed by atoms with Crippen molar-refractivity contribution in [3.63, 3.8) is 0 Å². The molecule has 0 aromatic carbocycles. The Morgan fingerprint density at radius 3 is 1.00 bits per heavy atom. The second-order valence-electron chi connectivity index (χ2n) is 0.475. The summed E-state index contributed by atoms with van der Waals surface area (Å²) in [6.45, 7) is 0. The van der Waals surface area contributed by atoms with Crippen LogP contribution in [0.3, 0.4) is 0 Å². The van der Waals surface area contributed by atoms with Crippen LogP contribution in [0, 0.1) is 0 Å². The first-order chi connectivity index (χ1) is 3.46. The van der Waals surface area contributed by atoms with E-state index in [1.165, 1.54) is 0 Å². The zero-order valence-corrected chi connectivity index (χ0v) is 12.0. The van der Waals surface area contributed by atoms with E-state index in [9.17, 15) is 5.25 Å². The average Bonchev–Trinajstić information content (AvgIpc) is 1.25. The number of halogens is 2. The van der Waals surface area contributed by atoms with Gasteiger partial charge in [-0.1, -0.05) is 0 Å². The fourth-order valence-corrected chi connectivity index (χ4v) is 0. The van der Waals surface area contributed by atoms with Gasteiger partial charge in [0.15, 0.2) is 0 Å². The fraction of sp³-hybridized carbons (Fsp3) is 0. The van der Waals surface area contributed by atoms with Crippen molar-refractivity contribution in [2.75, 3.05) is 0 Å². The van der Waals surface area contributed by atoms with E-state index in [1.54, 1.807) is 0 Å². The minimum atomic E-state index is -4.54. The van der Waals surface area contributed by atoms with Crippen LogP contribution in [-0.4, -0.2) is 0 Å². The van der Waals surface area contributed by atoms with Gasteiger partial charge in [0.1, 0.15) is 0 Å². The fourth-order valence-electron chi connectivity index (χ4n) is 0. The molecule has 0 saturated carbocycles. The summed E-state index contributed by atoms with van der Waals surface area (Å²) in [5, 5.41) is 0. The molecule has 0 unspecified atom stereocenters. The molecule has 0 bridgehead atoms. The molecule has 4 nitrogen and oxygen atoms in total.